The number of hydrogen-bond donors (Lipinski definition) is 0. The maximum atomic E-state index is 6.15. The molecule has 0 radical (unpaired) electrons. The van der Waals surface area contributed by atoms with E-state index in [1.807, 2.05) is 36.3 Å². The molecule has 0 amide bonds. The minimum absolute atomic E-state index is 0.577. The second-order valence-electron chi connectivity index (χ2n) is 7.05. The molecule has 30 heavy (non-hydrogen) atoms. The van der Waals surface area contributed by atoms with Crippen LogP contribution in [0.3, 0.4) is 0 Å². The van der Waals surface area contributed by atoms with E-state index in [0.717, 1.165) is 36.5 Å². The Balaban J connectivity index is 1.51. The molecule has 0 unspecified atom stereocenters. The number of aromatic nitrogens is 1. The molecule has 5 heteroatoms. The minimum atomic E-state index is 0.577. The Morgan fingerprint density at radius 2 is 2.10 bits per heavy atom. The summed E-state index contributed by atoms with van der Waals surface area (Å²) >= 11 is 1.85. The molecule has 0 spiro atoms. The van der Waals surface area contributed by atoms with Crippen molar-refractivity contribution in [3.05, 3.63) is 90.8 Å². The highest BCUT2D eigenvalue weighted by molar-refractivity contribution is 7.98. The van der Waals surface area contributed by atoms with E-state index in [2.05, 4.69) is 63.9 Å². The Labute approximate surface area is 182 Å². The number of allylic oxidation sites excluding steroid dienone is 2. The van der Waals surface area contributed by atoms with Crippen molar-refractivity contribution in [2.75, 3.05) is 13.3 Å². The van der Waals surface area contributed by atoms with Crippen LogP contribution in [0.25, 0.3) is 10.9 Å². The Morgan fingerprint density at radius 1 is 1.20 bits per heavy atom. The number of hydrogen-bond acceptors (Lipinski definition) is 5. The van der Waals surface area contributed by atoms with Crippen LogP contribution in [0.15, 0.2) is 89.5 Å². The first kappa shape index (κ1) is 20.4. The summed E-state index contributed by atoms with van der Waals surface area (Å²) < 4.78 is 6.15. The summed E-state index contributed by atoms with van der Waals surface area (Å²) in [6, 6.07) is 17.0. The van der Waals surface area contributed by atoms with Crippen LogP contribution in [0.4, 0.5) is 0 Å². The molecule has 0 aliphatic carbocycles. The predicted octanol–water partition coefficient (Wildman–Crippen LogP) is 5.84. The fraction of sp³-hybridized carbons (Fsp3) is 0.200. The van der Waals surface area contributed by atoms with E-state index >= 15 is 0 Å². The molecule has 1 aromatic heterocycles. The molecule has 0 bridgehead atoms. The van der Waals surface area contributed by atoms with Crippen molar-refractivity contribution >= 4 is 28.9 Å². The first-order chi connectivity index (χ1) is 14.8. The summed E-state index contributed by atoms with van der Waals surface area (Å²) in [4.78, 5) is 12.5. The van der Waals surface area contributed by atoms with Crippen LogP contribution in [-0.2, 0) is 12.3 Å². The number of benzene rings is 2. The topological polar surface area (TPSA) is 37.7 Å². The molecule has 4 nitrogen and oxygen atoms in total. The maximum Gasteiger partial charge on any atom is 0.152 e. The van der Waals surface area contributed by atoms with Crippen molar-refractivity contribution in [3.63, 3.8) is 0 Å². The molecule has 0 fully saturated rings. The monoisotopic (exact) mass is 415 g/mol. The largest absolute Gasteiger partial charge is 0.475 e. The molecule has 0 saturated carbocycles. The van der Waals surface area contributed by atoms with Gasteiger partial charge >= 0.3 is 0 Å². The van der Waals surface area contributed by atoms with E-state index in [4.69, 9.17) is 4.74 Å². The Bertz CT molecular complexity index is 1060. The second kappa shape index (κ2) is 10.2. The fourth-order valence-corrected chi connectivity index (χ4v) is 4.41. The summed E-state index contributed by atoms with van der Waals surface area (Å²) in [5.74, 6) is 1.83. The van der Waals surface area contributed by atoms with Crippen molar-refractivity contribution in [1.82, 2.24) is 9.88 Å². The van der Waals surface area contributed by atoms with Gasteiger partial charge in [-0.15, -0.1) is 11.8 Å². The lowest BCUT2D eigenvalue weighted by atomic mass is 10.0. The molecule has 2 aromatic carbocycles. The number of aliphatic imine (C=N–C) groups is 1. The third-order valence-electron chi connectivity index (χ3n) is 4.92. The first-order valence-corrected chi connectivity index (χ1v) is 11.1. The van der Waals surface area contributed by atoms with Gasteiger partial charge in [0.25, 0.3) is 0 Å². The summed E-state index contributed by atoms with van der Waals surface area (Å²) in [5.41, 5.74) is 3.47. The van der Waals surface area contributed by atoms with Crippen molar-refractivity contribution in [2.24, 2.45) is 4.99 Å². The third-order valence-corrected chi connectivity index (χ3v) is 5.98. The van der Waals surface area contributed by atoms with Gasteiger partial charge in [0.15, 0.2) is 5.75 Å². The lowest BCUT2D eigenvalue weighted by Gasteiger charge is -2.29. The maximum absolute atomic E-state index is 6.15. The first-order valence-electron chi connectivity index (χ1n) is 10.1. The molecule has 4 rings (SSSR count). The molecular weight excluding hydrogens is 390 g/mol. The van der Waals surface area contributed by atoms with Crippen molar-refractivity contribution in [1.29, 1.82) is 0 Å². The molecule has 0 atom stereocenters. The lowest BCUT2D eigenvalue weighted by Crippen LogP contribution is -2.33. The molecule has 0 N–H and O–H groups in total. The van der Waals surface area contributed by atoms with Crippen LogP contribution in [0, 0.1) is 0 Å². The van der Waals surface area contributed by atoms with Gasteiger partial charge in [0, 0.05) is 53.3 Å². The van der Waals surface area contributed by atoms with Crippen LogP contribution in [0.5, 0.6) is 5.75 Å². The summed E-state index contributed by atoms with van der Waals surface area (Å²) in [7, 11) is 0. The fourth-order valence-electron chi connectivity index (χ4n) is 3.50. The van der Waals surface area contributed by atoms with E-state index < -0.39 is 0 Å². The summed E-state index contributed by atoms with van der Waals surface area (Å²) in [6.07, 6.45) is 9.95. The van der Waals surface area contributed by atoms with Crippen molar-refractivity contribution in [3.8, 4) is 5.75 Å². The summed E-state index contributed by atoms with van der Waals surface area (Å²) in [5, 5.41) is 1.18. The van der Waals surface area contributed by atoms with Gasteiger partial charge in [-0.1, -0.05) is 36.9 Å². The van der Waals surface area contributed by atoms with Gasteiger partial charge in [0.1, 0.15) is 12.2 Å². The highest BCUT2D eigenvalue weighted by Crippen LogP contribution is 2.36. The SMILES string of the molecule is C=C/C=C\N=CCCN1COc2c(cc(CSc3ccccc3)c3cccnc23)C1. The molecule has 3 aromatic rings. The molecule has 152 valence electrons. The molecule has 1 aliphatic heterocycles. The molecular formula is C25H25N3OS. The van der Waals surface area contributed by atoms with Gasteiger partial charge in [0.05, 0.1) is 0 Å². The van der Waals surface area contributed by atoms with Crippen LogP contribution in [0.1, 0.15) is 17.5 Å². The van der Waals surface area contributed by atoms with Crippen molar-refractivity contribution in [2.45, 2.75) is 23.6 Å². The zero-order valence-electron chi connectivity index (χ0n) is 16.9. The molecule has 1 aliphatic rings. The average Bonchev–Trinajstić information content (AvgIpc) is 2.80. The summed E-state index contributed by atoms with van der Waals surface area (Å²) in [6.45, 7) is 5.98. The van der Waals surface area contributed by atoms with E-state index in [1.54, 1.807) is 12.3 Å². The number of ether oxygens (including phenoxy) is 1. The van der Waals surface area contributed by atoms with Gasteiger partial charge in [0.2, 0.25) is 0 Å². The smallest absolute Gasteiger partial charge is 0.152 e. The van der Waals surface area contributed by atoms with Gasteiger partial charge in [-0.3, -0.25) is 14.9 Å². The van der Waals surface area contributed by atoms with Crippen LogP contribution in [0.2, 0.25) is 0 Å². The average molecular weight is 416 g/mol. The Morgan fingerprint density at radius 3 is 2.97 bits per heavy atom. The Kier molecular flexibility index (Phi) is 6.95. The quantitative estimate of drug-likeness (QED) is 0.263. The van der Waals surface area contributed by atoms with Crippen LogP contribution < -0.4 is 4.74 Å². The number of nitrogens with zero attached hydrogens (tertiary/aromatic N) is 3. The number of thioether (sulfide) groups is 1. The number of pyridine rings is 1. The zero-order chi connectivity index (χ0) is 20.6. The minimum Gasteiger partial charge on any atom is -0.475 e. The van der Waals surface area contributed by atoms with Gasteiger partial charge < -0.3 is 4.74 Å². The van der Waals surface area contributed by atoms with Crippen molar-refractivity contribution < 1.29 is 4.74 Å². The third kappa shape index (κ3) is 4.99. The van der Waals surface area contributed by atoms with E-state index in [1.165, 1.54) is 21.4 Å². The highest BCUT2D eigenvalue weighted by Gasteiger charge is 2.21. The second-order valence-corrected chi connectivity index (χ2v) is 8.10. The lowest BCUT2D eigenvalue weighted by molar-refractivity contribution is 0.0999. The standard InChI is InChI=1S/C25H25N3OS/c1-2-3-12-26-13-8-15-28-17-20-16-21(18-30-22-9-5-4-6-10-22)23-11-7-14-27-24(23)25(20)29-19-28/h2-7,9-14,16H,1,8,15,17-19H2/b12-3-,26-13?. The van der Waals surface area contributed by atoms with E-state index in [0.29, 0.717) is 6.73 Å². The molecule has 0 saturated heterocycles. The van der Waals surface area contributed by atoms with Gasteiger partial charge in [-0.05, 0) is 42.3 Å². The van der Waals surface area contributed by atoms with E-state index in [-0.39, 0.29) is 0 Å². The zero-order valence-corrected chi connectivity index (χ0v) is 17.7. The number of fused-ring (bicyclic) bond motifs is 3. The van der Waals surface area contributed by atoms with Gasteiger partial charge in [-0.2, -0.15) is 0 Å². The Hall–Kier alpha value is -2.89. The number of rotatable bonds is 8. The van der Waals surface area contributed by atoms with Crippen LogP contribution >= 0.6 is 11.8 Å². The predicted molar refractivity (Wildman–Crippen MR) is 126 cm³/mol. The molecule has 2 heterocycles. The van der Waals surface area contributed by atoms with E-state index in [9.17, 15) is 0 Å². The highest BCUT2D eigenvalue weighted by atomic mass is 32.2. The van der Waals surface area contributed by atoms with Gasteiger partial charge in [-0.25, -0.2) is 0 Å². The van der Waals surface area contributed by atoms with Crippen LogP contribution in [-0.4, -0.2) is 29.4 Å². The normalized spacial score (nSPS) is 14.3.